The summed E-state index contributed by atoms with van der Waals surface area (Å²) in [6, 6.07) is 6.45. The van der Waals surface area contributed by atoms with E-state index in [4.69, 9.17) is 4.42 Å². The molecule has 16 heavy (non-hydrogen) atoms. The van der Waals surface area contributed by atoms with Gasteiger partial charge < -0.3 is 4.42 Å². The molecule has 2 aromatic rings. The molecule has 0 fully saturated rings. The molecule has 0 radical (unpaired) electrons. The lowest BCUT2D eigenvalue weighted by Gasteiger charge is -2.18. The molecule has 0 aliphatic carbocycles. The van der Waals surface area contributed by atoms with Gasteiger partial charge in [0.15, 0.2) is 0 Å². The van der Waals surface area contributed by atoms with Crippen LogP contribution in [0.25, 0.3) is 11.0 Å². The van der Waals surface area contributed by atoms with Gasteiger partial charge in [-0.25, -0.2) is 0 Å². The first kappa shape index (κ1) is 11.3. The zero-order valence-corrected chi connectivity index (χ0v) is 10.8. The standard InChI is InChI=1S/C15H20O/c1-10-11(2)16-14-12(9-15(3,4)5)7-6-8-13(10)14/h6-8H,9H2,1-5H3. The number of furan rings is 1. The number of hydrogen-bond donors (Lipinski definition) is 0. The van der Waals surface area contributed by atoms with Crippen LogP contribution in [-0.4, -0.2) is 0 Å². The maximum Gasteiger partial charge on any atom is 0.137 e. The molecule has 0 bridgehead atoms. The number of benzene rings is 1. The van der Waals surface area contributed by atoms with Crippen molar-refractivity contribution >= 4 is 11.0 Å². The Bertz CT molecular complexity index is 512. The number of para-hydroxylation sites is 1. The lowest BCUT2D eigenvalue weighted by molar-refractivity contribution is 0.409. The van der Waals surface area contributed by atoms with Crippen LogP contribution in [0.2, 0.25) is 0 Å². The van der Waals surface area contributed by atoms with Crippen LogP contribution >= 0.6 is 0 Å². The first-order valence-electron chi connectivity index (χ1n) is 5.86. The molecular formula is C15H20O. The summed E-state index contributed by atoms with van der Waals surface area (Å²) in [6.45, 7) is 10.9. The van der Waals surface area contributed by atoms with E-state index in [9.17, 15) is 0 Å². The zero-order chi connectivity index (χ0) is 11.9. The lowest BCUT2D eigenvalue weighted by atomic mass is 9.87. The van der Waals surface area contributed by atoms with Crippen molar-refractivity contribution in [3.8, 4) is 0 Å². The van der Waals surface area contributed by atoms with Crippen LogP contribution in [0.15, 0.2) is 22.6 Å². The van der Waals surface area contributed by atoms with E-state index >= 15 is 0 Å². The third kappa shape index (κ3) is 1.99. The minimum atomic E-state index is 0.295. The van der Waals surface area contributed by atoms with Crippen LogP contribution in [-0.2, 0) is 6.42 Å². The Hall–Kier alpha value is -1.24. The van der Waals surface area contributed by atoms with E-state index in [1.807, 2.05) is 6.92 Å². The molecule has 0 N–H and O–H groups in total. The molecule has 0 unspecified atom stereocenters. The largest absolute Gasteiger partial charge is 0.461 e. The molecule has 2 rings (SSSR count). The Balaban J connectivity index is 2.58. The van der Waals surface area contributed by atoms with Gasteiger partial charge in [-0.05, 0) is 36.8 Å². The number of hydrogen-bond acceptors (Lipinski definition) is 1. The topological polar surface area (TPSA) is 13.1 Å². The normalized spacial score (nSPS) is 12.3. The summed E-state index contributed by atoms with van der Waals surface area (Å²) >= 11 is 0. The Morgan fingerprint density at radius 3 is 2.44 bits per heavy atom. The van der Waals surface area contributed by atoms with Gasteiger partial charge in [0.05, 0.1) is 0 Å². The van der Waals surface area contributed by atoms with Crippen molar-refractivity contribution in [2.75, 3.05) is 0 Å². The maximum atomic E-state index is 5.88. The maximum absolute atomic E-state index is 5.88. The van der Waals surface area contributed by atoms with Crippen LogP contribution in [0.3, 0.4) is 0 Å². The van der Waals surface area contributed by atoms with Crippen molar-refractivity contribution in [2.24, 2.45) is 5.41 Å². The van der Waals surface area contributed by atoms with Gasteiger partial charge in [0.25, 0.3) is 0 Å². The molecule has 0 aliphatic heterocycles. The summed E-state index contributed by atoms with van der Waals surface area (Å²) < 4.78 is 5.88. The van der Waals surface area contributed by atoms with Crippen molar-refractivity contribution in [3.63, 3.8) is 0 Å². The van der Waals surface area contributed by atoms with Gasteiger partial charge in [0.2, 0.25) is 0 Å². The summed E-state index contributed by atoms with van der Waals surface area (Å²) in [5, 5.41) is 1.26. The summed E-state index contributed by atoms with van der Waals surface area (Å²) in [4.78, 5) is 0. The van der Waals surface area contributed by atoms with Crippen molar-refractivity contribution in [2.45, 2.75) is 41.0 Å². The van der Waals surface area contributed by atoms with E-state index in [1.165, 1.54) is 16.5 Å². The van der Waals surface area contributed by atoms with Gasteiger partial charge in [-0.3, -0.25) is 0 Å². The van der Waals surface area contributed by atoms with Crippen molar-refractivity contribution < 1.29 is 4.42 Å². The second-order valence-corrected chi connectivity index (χ2v) is 5.81. The highest BCUT2D eigenvalue weighted by Crippen LogP contribution is 2.31. The molecule has 0 spiro atoms. The van der Waals surface area contributed by atoms with Gasteiger partial charge in [-0.1, -0.05) is 39.0 Å². The first-order valence-corrected chi connectivity index (χ1v) is 5.86. The lowest BCUT2D eigenvalue weighted by Crippen LogP contribution is -2.09. The summed E-state index contributed by atoms with van der Waals surface area (Å²) in [7, 11) is 0. The fourth-order valence-corrected chi connectivity index (χ4v) is 2.13. The van der Waals surface area contributed by atoms with Crippen LogP contribution < -0.4 is 0 Å². The minimum absolute atomic E-state index is 0.295. The smallest absolute Gasteiger partial charge is 0.137 e. The number of rotatable bonds is 1. The van der Waals surface area contributed by atoms with Gasteiger partial charge >= 0.3 is 0 Å². The van der Waals surface area contributed by atoms with Gasteiger partial charge in [-0.2, -0.15) is 0 Å². The third-order valence-electron chi connectivity index (χ3n) is 3.00. The van der Waals surface area contributed by atoms with E-state index in [-0.39, 0.29) is 0 Å². The van der Waals surface area contributed by atoms with Crippen molar-refractivity contribution in [3.05, 3.63) is 35.1 Å². The highest BCUT2D eigenvalue weighted by molar-refractivity contribution is 5.84. The second kappa shape index (κ2) is 3.65. The predicted molar refractivity (Wildman–Crippen MR) is 68.8 cm³/mol. The Morgan fingerprint density at radius 2 is 1.81 bits per heavy atom. The van der Waals surface area contributed by atoms with Crippen LogP contribution in [0.1, 0.15) is 37.7 Å². The van der Waals surface area contributed by atoms with E-state index in [0.29, 0.717) is 5.41 Å². The summed E-state index contributed by atoms with van der Waals surface area (Å²) in [5.74, 6) is 1.04. The molecule has 0 saturated carbocycles. The molecule has 1 heterocycles. The first-order chi connectivity index (χ1) is 7.38. The SMILES string of the molecule is Cc1oc2c(CC(C)(C)C)cccc2c1C. The molecule has 0 atom stereocenters. The average Bonchev–Trinajstić information content (AvgIpc) is 2.43. The summed E-state index contributed by atoms with van der Waals surface area (Å²) in [6.07, 6.45) is 1.05. The quantitative estimate of drug-likeness (QED) is 0.677. The fraction of sp³-hybridized carbons (Fsp3) is 0.467. The highest BCUT2D eigenvalue weighted by Gasteiger charge is 2.16. The Morgan fingerprint density at radius 1 is 1.12 bits per heavy atom. The van der Waals surface area contributed by atoms with Crippen LogP contribution in [0, 0.1) is 19.3 Å². The van der Waals surface area contributed by atoms with Gasteiger partial charge in [0.1, 0.15) is 11.3 Å². The van der Waals surface area contributed by atoms with Gasteiger partial charge in [0, 0.05) is 5.39 Å². The number of fused-ring (bicyclic) bond motifs is 1. The molecule has 0 amide bonds. The van der Waals surface area contributed by atoms with E-state index in [0.717, 1.165) is 17.8 Å². The van der Waals surface area contributed by atoms with Crippen molar-refractivity contribution in [1.29, 1.82) is 0 Å². The molecule has 1 nitrogen and oxygen atoms in total. The zero-order valence-electron chi connectivity index (χ0n) is 10.8. The van der Waals surface area contributed by atoms with E-state index in [2.05, 4.69) is 45.9 Å². The summed E-state index contributed by atoms with van der Waals surface area (Å²) in [5.41, 5.74) is 3.96. The number of aryl methyl sites for hydroxylation is 2. The minimum Gasteiger partial charge on any atom is -0.461 e. The van der Waals surface area contributed by atoms with Crippen LogP contribution in [0.5, 0.6) is 0 Å². The highest BCUT2D eigenvalue weighted by atomic mass is 16.3. The molecule has 0 aliphatic rings. The Labute approximate surface area is 97.5 Å². The molecule has 1 aromatic carbocycles. The van der Waals surface area contributed by atoms with Crippen molar-refractivity contribution in [1.82, 2.24) is 0 Å². The van der Waals surface area contributed by atoms with E-state index < -0.39 is 0 Å². The monoisotopic (exact) mass is 216 g/mol. The van der Waals surface area contributed by atoms with E-state index in [1.54, 1.807) is 0 Å². The Kier molecular flexibility index (Phi) is 2.57. The molecular weight excluding hydrogens is 196 g/mol. The second-order valence-electron chi connectivity index (χ2n) is 5.81. The molecule has 86 valence electrons. The average molecular weight is 216 g/mol. The third-order valence-corrected chi connectivity index (χ3v) is 3.00. The molecule has 1 heteroatoms. The van der Waals surface area contributed by atoms with Gasteiger partial charge in [-0.15, -0.1) is 0 Å². The fourth-order valence-electron chi connectivity index (χ4n) is 2.13. The molecule has 0 saturated heterocycles. The molecule has 1 aromatic heterocycles. The van der Waals surface area contributed by atoms with Crippen LogP contribution in [0.4, 0.5) is 0 Å². The predicted octanol–water partition coefficient (Wildman–Crippen LogP) is 4.64.